The van der Waals surface area contributed by atoms with E-state index in [4.69, 9.17) is 9.47 Å². The molecule has 0 amide bonds. The second-order valence-corrected chi connectivity index (χ2v) is 6.33. The average Bonchev–Trinajstić information content (AvgIpc) is 2.66. The lowest BCUT2D eigenvalue weighted by Gasteiger charge is -2.26. The zero-order chi connectivity index (χ0) is 17.9. The van der Waals surface area contributed by atoms with Crippen LogP contribution in [-0.2, 0) is 11.3 Å². The Balaban J connectivity index is 1.75. The lowest BCUT2D eigenvalue weighted by molar-refractivity contribution is 0.0322. The second-order valence-electron chi connectivity index (χ2n) is 6.33. The fourth-order valence-electron chi connectivity index (χ4n) is 2.58. The van der Waals surface area contributed by atoms with Crippen molar-refractivity contribution < 1.29 is 9.47 Å². The lowest BCUT2D eigenvalue weighted by Crippen LogP contribution is -2.41. The molecule has 0 radical (unpaired) electrons. The molecule has 6 nitrogen and oxygen atoms in total. The van der Waals surface area contributed by atoms with Crippen LogP contribution in [-0.4, -0.2) is 63.4 Å². The minimum absolute atomic E-state index is 0.404. The molecule has 2 N–H and O–H groups in total. The Bertz CT molecular complexity index is 530. The minimum atomic E-state index is 0.404. The van der Waals surface area contributed by atoms with Gasteiger partial charge in [0.15, 0.2) is 5.96 Å². The standard InChI is InChI=1S/C19H32N4O2/c1-4-16(2)22-19(20-3)21-15-17-6-5-7-18(14-17)25-13-10-23-8-11-24-12-9-23/h5-7,14,16H,4,8-13,15H2,1-3H3,(H2,20,21,22). The highest BCUT2D eigenvalue weighted by atomic mass is 16.5. The summed E-state index contributed by atoms with van der Waals surface area (Å²) < 4.78 is 11.3. The van der Waals surface area contributed by atoms with E-state index < -0.39 is 0 Å². The van der Waals surface area contributed by atoms with Gasteiger partial charge in [0.1, 0.15) is 12.4 Å². The van der Waals surface area contributed by atoms with Crippen molar-refractivity contribution in [1.82, 2.24) is 15.5 Å². The number of ether oxygens (including phenoxy) is 2. The molecule has 1 aromatic rings. The van der Waals surface area contributed by atoms with Crippen LogP contribution < -0.4 is 15.4 Å². The number of morpholine rings is 1. The van der Waals surface area contributed by atoms with E-state index in [0.29, 0.717) is 12.6 Å². The third-order valence-corrected chi connectivity index (χ3v) is 4.36. The second kappa shape index (κ2) is 10.9. The summed E-state index contributed by atoms with van der Waals surface area (Å²) in [6.07, 6.45) is 1.06. The molecule has 0 aliphatic carbocycles. The van der Waals surface area contributed by atoms with Crippen molar-refractivity contribution in [3.8, 4) is 5.75 Å². The summed E-state index contributed by atoms with van der Waals surface area (Å²) >= 11 is 0. The Morgan fingerprint density at radius 1 is 1.36 bits per heavy atom. The van der Waals surface area contributed by atoms with Crippen molar-refractivity contribution in [2.24, 2.45) is 4.99 Å². The quantitative estimate of drug-likeness (QED) is 0.555. The maximum atomic E-state index is 5.91. The van der Waals surface area contributed by atoms with Crippen LogP contribution in [0.15, 0.2) is 29.3 Å². The van der Waals surface area contributed by atoms with Gasteiger partial charge < -0.3 is 20.1 Å². The average molecular weight is 348 g/mol. The van der Waals surface area contributed by atoms with E-state index in [0.717, 1.165) is 57.5 Å². The molecule has 1 heterocycles. The number of nitrogens with one attached hydrogen (secondary N) is 2. The van der Waals surface area contributed by atoms with E-state index in [1.54, 1.807) is 7.05 Å². The van der Waals surface area contributed by atoms with Crippen LogP contribution >= 0.6 is 0 Å². The van der Waals surface area contributed by atoms with Gasteiger partial charge in [-0.25, -0.2) is 0 Å². The van der Waals surface area contributed by atoms with Gasteiger partial charge in [-0.3, -0.25) is 9.89 Å². The predicted octanol–water partition coefficient (Wildman–Crippen LogP) is 1.86. The molecule has 0 bridgehead atoms. The largest absolute Gasteiger partial charge is 0.492 e. The fourth-order valence-corrected chi connectivity index (χ4v) is 2.58. The van der Waals surface area contributed by atoms with Gasteiger partial charge in [0.05, 0.1) is 13.2 Å². The Kier molecular flexibility index (Phi) is 8.55. The van der Waals surface area contributed by atoms with Gasteiger partial charge in [0.25, 0.3) is 0 Å². The Morgan fingerprint density at radius 3 is 2.88 bits per heavy atom. The van der Waals surface area contributed by atoms with Crippen LogP contribution in [0.2, 0.25) is 0 Å². The molecule has 1 aliphatic heterocycles. The summed E-state index contributed by atoms with van der Waals surface area (Å²) in [5, 5.41) is 6.71. The highest BCUT2D eigenvalue weighted by molar-refractivity contribution is 5.79. The number of aliphatic imine (C=N–C) groups is 1. The molecule has 1 aromatic carbocycles. The fraction of sp³-hybridized carbons (Fsp3) is 0.632. The lowest BCUT2D eigenvalue weighted by atomic mass is 10.2. The molecule has 1 aliphatic rings. The Morgan fingerprint density at radius 2 is 2.16 bits per heavy atom. The van der Waals surface area contributed by atoms with Crippen molar-refractivity contribution in [3.63, 3.8) is 0 Å². The molecule has 1 unspecified atom stereocenters. The van der Waals surface area contributed by atoms with Crippen LogP contribution in [0, 0.1) is 0 Å². The van der Waals surface area contributed by atoms with Gasteiger partial charge in [-0.05, 0) is 31.0 Å². The zero-order valence-electron chi connectivity index (χ0n) is 15.8. The molecule has 0 aromatic heterocycles. The summed E-state index contributed by atoms with van der Waals surface area (Å²) in [6, 6.07) is 8.63. The van der Waals surface area contributed by atoms with E-state index in [1.165, 1.54) is 5.56 Å². The first kappa shape index (κ1) is 19.5. The molecule has 2 rings (SSSR count). The van der Waals surface area contributed by atoms with E-state index >= 15 is 0 Å². The van der Waals surface area contributed by atoms with Crippen LogP contribution in [0.1, 0.15) is 25.8 Å². The minimum Gasteiger partial charge on any atom is -0.492 e. The van der Waals surface area contributed by atoms with Crippen molar-refractivity contribution in [3.05, 3.63) is 29.8 Å². The van der Waals surface area contributed by atoms with Crippen LogP contribution in [0.5, 0.6) is 5.75 Å². The molecule has 0 saturated carbocycles. The highest BCUT2D eigenvalue weighted by Crippen LogP contribution is 2.13. The van der Waals surface area contributed by atoms with E-state index in [-0.39, 0.29) is 0 Å². The molecule has 1 saturated heterocycles. The maximum Gasteiger partial charge on any atom is 0.191 e. The van der Waals surface area contributed by atoms with Crippen molar-refractivity contribution in [2.75, 3.05) is 46.5 Å². The Hall–Kier alpha value is -1.79. The van der Waals surface area contributed by atoms with Gasteiger partial charge >= 0.3 is 0 Å². The van der Waals surface area contributed by atoms with Gasteiger partial charge in [-0.1, -0.05) is 19.1 Å². The number of rotatable bonds is 8. The third kappa shape index (κ3) is 7.32. The van der Waals surface area contributed by atoms with Crippen LogP contribution in [0.25, 0.3) is 0 Å². The van der Waals surface area contributed by atoms with E-state index in [9.17, 15) is 0 Å². The van der Waals surface area contributed by atoms with Gasteiger partial charge in [-0.15, -0.1) is 0 Å². The van der Waals surface area contributed by atoms with E-state index in [2.05, 4.69) is 46.5 Å². The first-order chi connectivity index (χ1) is 12.2. The monoisotopic (exact) mass is 348 g/mol. The molecule has 140 valence electrons. The molecule has 1 fully saturated rings. The molecule has 6 heteroatoms. The smallest absolute Gasteiger partial charge is 0.191 e. The highest BCUT2D eigenvalue weighted by Gasteiger charge is 2.10. The third-order valence-electron chi connectivity index (χ3n) is 4.36. The van der Waals surface area contributed by atoms with Gasteiger partial charge in [0, 0.05) is 39.3 Å². The number of benzene rings is 1. The molecular weight excluding hydrogens is 316 g/mol. The van der Waals surface area contributed by atoms with Crippen molar-refractivity contribution in [2.45, 2.75) is 32.9 Å². The SMILES string of the molecule is CCC(C)NC(=NC)NCc1cccc(OCCN2CCOCC2)c1. The first-order valence-electron chi connectivity index (χ1n) is 9.20. The maximum absolute atomic E-state index is 5.91. The molecule has 0 spiro atoms. The topological polar surface area (TPSA) is 58.1 Å². The predicted molar refractivity (Wildman–Crippen MR) is 102 cm³/mol. The summed E-state index contributed by atoms with van der Waals surface area (Å²) in [4.78, 5) is 6.64. The zero-order valence-corrected chi connectivity index (χ0v) is 15.8. The first-order valence-corrected chi connectivity index (χ1v) is 9.20. The van der Waals surface area contributed by atoms with Gasteiger partial charge in [0.2, 0.25) is 0 Å². The molecule has 1 atom stereocenters. The normalized spacial score (nSPS) is 17.2. The molecule has 25 heavy (non-hydrogen) atoms. The Labute approximate surface area is 151 Å². The van der Waals surface area contributed by atoms with E-state index in [1.807, 2.05) is 12.1 Å². The summed E-state index contributed by atoms with van der Waals surface area (Å²) in [7, 11) is 1.79. The van der Waals surface area contributed by atoms with Crippen LogP contribution in [0.3, 0.4) is 0 Å². The number of nitrogens with zero attached hydrogens (tertiary/aromatic N) is 2. The van der Waals surface area contributed by atoms with Crippen molar-refractivity contribution in [1.29, 1.82) is 0 Å². The summed E-state index contributed by atoms with van der Waals surface area (Å²) in [5.41, 5.74) is 1.18. The number of guanidine groups is 1. The summed E-state index contributed by atoms with van der Waals surface area (Å²) in [6.45, 7) is 10.3. The summed E-state index contributed by atoms with van der Waals surface area (Å²) in [5.74, 6) is 1.74. The number of hydrogen-bond donors (Lipinski definition) is 2. The van der Waals surface area contributed by atoms with Crippen molar-refractivity contribution >= 4 is 5.96 Å². The number of hydrogen-bond acceptors (Lipinski definition) is 4. The van der Waals surface area contributed by atoms with Gasteiger partial charge in [-0.2, -0.15) is 0 Å². The molecular formula is C19H32N4O2. The van der Waals surface area contributed by atoms with Crippen LogP contribution in [0.4, 0.5) is 0 Å².